The Labute approximate surface area is 144 Å². The van der Waals surface area contributed by atoms with Gasteiger partial charge in [-0.1, -0.05) is 79.6 Å². The van der Waals surface area contributed by atoms with Crippen LogP contribution < -0.4 is 0 Å². The van der Waals surface area contributed by atoms with Gasteiger partial charge in [-0.15, -0.1) is 5.10 Å². The quantitative estimate of drug-likeness (QED) is 0.552. The lowest BCUT2D eigenvalue weighted by atomic mass is 10.0. The minimum Gasteiger partial charge on any atom is -0.252 e. The van der Waals surface area contributed by atoms with Gasteiger partial charge in [-0.05, 0) is 30.4 Å². The van der Waals surface area contributed by atoms with Crippen molar-refractivity contribution in [2.75, 3.05) is 0 Å². The van der Waals surface area contributed by atoms with Crippen LogP contribution in [-0.4, -0.2) is 15.0 Å². The fourth-order valence-electron chi connectivity index (χ4n) is 2.85. The lowest BCUT2D eigenvalue weighted by Gasteiger charge is -2.02. The molecule has 0 radical (unpaired) electrons. The molecule has 3 rings (SSSR count). The second kappa shape index (κ2) is 8.44. The Morgan fingerprint density at radius 2 is 1.58 bits per heavy atom. The van der Waals surface area contributed by atoms with E-state index in [0.29, 0.717) is 0 Å². The maximum absolute atomic E-state index is 4.32. The average Bonchev–Trinajstić information content (AvgIpc) is 3.11. The van der Waals surface area contributed by atoms with Crippen LogP contribution in [0.1, 0.15) is 37.3 Å². The van der Waals surface area contributed by atoms with Crippen LogP contribution in [0.5, 0.6) is 0 Å². The third kappa shape index (κ3) is 4.54. The van der Waals surface area contributed by atoms with Crippen LogP contribution >= 0.6 is 0 Å². The van der Waals surface area contributed by atoms with Gasteiger partial charge in [0.1, 0.15) is 5.69 Å². The molecule has 3 aromatic rings. The van der Waals surface area contributed by atoms with Gasteiger partial charge in [-0.3, -0.25) is 4.68 Å². The predicted octanol–water partition coefficient (Wildman–Crippen LogP) is 4.92. The Morgan fingerprint density at radius 3 is 2.33 bits per heavy atom. The first-order chi connectivity index (χ1) is 11.8. The molecule has 0 aliphatic heterocycles. The van der Waals surface area contributed by atoms with E-state index in [9.17, 15) is 0 Å². The Bertz CT molecular complexity index is 729. The highest BCUT2D eigenvalue weighted by Gasteiger charge is 2.04. The van der Waals surface area contributed by atoms with E-state index in [1.54, 1.807) is 0 Å². The van der Waals surface area contributed by atoms with Crippen LogP contribution in [0.3, 0.4) is 0 Å². The molecule has 2 aromatic carbocycles. The molecular formula is C21H25N3. The summed E-state index contributed by atoms with van der Waals surface area (Å²) in [4.78, 5) is 0. The van der Waals surface area contributed by atoms with Crippen LogP contribution in [0.4, 0.5) is 0 Å². The molecule has 0 amide bonds. The minimum absolute atomic E-state index is 0.853. The fraction of sp³-hybridized carbons (Fsp3) is 0.333. The molecule has 0 saturated heterocycles. The van der Waals surface area contributed by atoms with E-state index in [0.717, 1.165) is 30.6 Å². The van der Waals surface area contributed by atoms with Crippen molar-refractivity contribution in [1.29, 1.82) is 0 Å². The molecule has 0 aliphatic carbocycles. The average molecular weight is 319 g/mol. The number of aromatic nitrogens is 3. The molecule has 0 saturated carbocycles. The molecule has 0 atom stereocenters. The Morgan fingerprint density at radius 1 is 0.833 bits per heavy atom. The first-order valence-corrected chi connectivity index (χ1v) is 8.88. The van der Waals surface area contributed by atoms with E-state index < -0.39 is 0 Å². The Hall–Kier alpha value is -2.42. The predicted molar refractivity (Wildman–Crippen MR) is 98.8 cm³/mol. The normalized spacial score (nSPS) is 10.9. The Kier molecular flexibility index (Phi) is 5.78. The molecule has 1 aromatic heterocycles. The van der Waals surface area contributed by atoms with E-state index >= 15 is 0 Å². The molecule has 124 valence electrons. The van der Waals surface area contributed by atoms with Crippen molar-refractivity contribution in [3.05, 3.63) is 71.9 Å². The second-order valence-electron chi connectivity index (χ2n) is 6.26. The molecule has 24 heavy (non-hydrogen) atoms. The lowest BCUT2D eigenvalue weighted by Crippen LogP contribution is -2.01. The van der Waals surface area contributed by atoms with E-state index in [-0.39, 0.29) is 0 Å². The van der Waals surface area contributed by atoms with Crippen molar-refractivity contribution in [2.24, 2.45) is 0 Å². The molecule has 0 aliphatic rings. The summed E-state index contributed by atoms with van der Waals surface area (Å²) >= 11 is 0. The van der Waals surface area contributed by atoms with Crippen molar-refractivity contribution in [3.8, 4) is 11.3 Å². The second-order valence-corrected chi connectivity index (χ2v) is 6.26. The number of hydrogen-bond acceptors (Lipinski definition) is 2. The van der Waals surface area contributed by atoms with Crippen LogP contribution in [0, 0.1) is 0 Å². The molecule has 0 N–H and O–H groups in total. The van der Waals surface area contributed by atoms with Crippen LogP contribution in [0.25, 0.3) is 11.3 Å². The highest BCUT2D eigenvalue weighted by molar-refractivity contribution is 5.57. The topological polar surface area (TPSA) is 30.7 Å². The number of benzene rings is 2. The largest absolute Gasteiger partial charge is 0.252 e. The number of unbranched alkanes of at least 4 members (excludes halogenated alkanes) is 2. The third-order valence-electron chi connectivity index (χ3n) is 4.33. The summed E-state index contributed by atoms with van der Waals surface area (Å²) in [7, 11) is 0. The van der Waals surface area contributed by atoms with Gasteiger partial charge in [0.15, 0.2) is 0 Å². The molecular weight excluding hydrogens is 294 g/mol. The van der Waals surface area contributed by atoms with E-state index in [2.05, 4.69) is 65.8 Å². The van der Waals surface area contributed by atoms with Gasteiger partial charge < -0.3 is 0 Å². The van der Waals surface area contributed by atoms with E-state index in [4.69, 9.17) is 0 Å². The zero-order valence-corrected chi connectivity index (χ0v) is 14.4. The fourth-order valence-corrected chi connectivity index (χ4v) is 2.85. The van der Waals surface area contributed by atoms with Crippen molar-refractivity contribution in [1.82, 2.24) is 15.0 Å². The molecule has 1 heterocycles. The summed E-state index contributed by atoms with van der Waals surface area (Å²) in [6.45, 7) is 3.09. The van der Waals surface area contributed by atoms with Gasteiger partial charge in [0, 0.05) is 12.1 Å². The smallest absolute Gasteiger partial charge is 0.113 e. The number of aryl methyl sites for hydroxylation is 3. The summed E-state index contributed by atoms with van der Waals surface area (Å²) in [5.41, 5.74) is 4.82. The molecule has 3 heteroatoms. The Balaban J connectivity index is 1.58. The minimum atomic E-state index is 0.853. The highest BCUT2D eigenvalue weighted by Crippen LogP contribution is 2.18. The number of nitrogens with zero attached hydrogens (tertiary/aromatic N) is 3. The summed E-state index contributed by atoms with van der Waals surface area (Å²) in [6, 6.07) is 19.2. The van der Waals surface area contributed by atoms with Crippen molar-refractivity contribution in [2.45, 2.75) is 45.6 Å². The number of rotatable bonds is 8. The van der Waals surface area contributed by atoms with Gasteiger partial charge in [0.25, 0.3) is 0 Å². The summed E-state index contributed by atoms with van der Waals surface area (Å²) in [6.07, 6.45) is 8.01. The SMILES string of the molecule is CCCCCc1ccc(-c2cn(CCc3ccccc3)nn2)cc1. The van der Waals surface area contributed by atoms with Gasteiger partial charge in [-0.2, -0.15) is 0 Å². The van der Waals surface area contributed by atoms with Crippen molar-refractivity contribution in [3.63, 3.8) is 0 Å². The van der Waals surface area contributed by atoms with Gasteiger partial charge in [0.2, 0.25) is 0 Å². The first-order valence-electron chi connectivity index (χ1n) is 8.88. The molecule has 0 unspecified atom stereocenters. The summed E-state index contributed by atoms with van der Waals surface area (Å²) in [5, 5.41) is 8.57. The highest BCUT2D eigenvalue weighted by atomic mass is 15.4. The van der Waals surface area contributed by atoms with Crippen LogP contribution in [0.2, 0.25) is 0 Å². The number of hydrogen-bond donors (Lipinski definition) is 0. The van der Waals surface area contributed by atoms with Crippen molar-refractivity contribution >= 4 is 0 Å². The summed E-state index contributed by atoms with van der Waals surface area (Å²) < 4.78 is 1.93. The van der Waals surface area contributed by atoms with E-state index in [1.165, 1.54) is 30.4 Å². The maximum Gasteiger partial charge on any atom is 0.113 e. The van der Waals surface area contributed by atoms with Crippen molar-refractivity contribution < 1.29 is 0 Å². The first kappa shape index (κ1) is 16.4. The third-order valence-corrected chi connectivity index (χ3v) is 4.33. The molecule has 0 spiro atoms. The molecule has 0 bridgehead atoms. The zero-order valence-electron chi connectivity index (χ0n) is 14.4. The summed E-state index contributed by atoms with van der Waals surface area (Å²) in [5.74, 6) is 0. The van der Waals surface area contributed by atoms with E-state index in [1.807, 2.05) is 16.9 Å². The van der Waals surface area contributed by atoms with Gasteiger partial charge in [0.05, 0.1) is 6.20 Å². The van der Waals surface area contributed by atoms with Gasteiger partial charge >= 0.3 is 0 Å². The zero-order chi connectivity index (χ0) is 16.6. The maximum atomic E-state index is 4.32. The lowest BCUT2D eigenvalue weighted by molar-refractivity contribution is 0.589. The van der Waals surface area contributed by atoms with Crippen LogP contribution in [-0.2, 0) is 19.4 Å². The van der Waals surface area contributed by atoms with Crippen LogP contribution in [0.15, 0.2) is 60.8 Å². The van der Waals surface area contributed by atoms with Gasteiger partial charge in [-0.25, -0.2) is 0 Å². The molecule has 0 fully saturated rings. The molecule has 3 nitrogen and oxygen atoms in total. The monoisotopic (exact) mass is 319 g/mol. The standard InChI is InChI=1S/C21H25N3/c1-2-3-5-8-19-11-13-20(14-12-19)21-17-24(23-22-21)16-15-18-9-6-4-7-10-18/h4,6-7,9-14,17H,2-3,5,8,15-16H2,1H3.